The molecule has 7 nitrogen and oxygen atoms in total. The number of hydrogen-bond acceptors (Lipinski definition) is 6. The summed E-state index contributed by atoms with van der Waals surface area (Å²) in [6.07, 6.45) is 5.86. The van der Waals surface area contributed by atoms with Gasteiger partial charge in [0.15, 0.2) is 5.69 Å². The van der Waals surface area contributed by atoms with Crippen molar-refractivity contribution in [3.8, 4) is 11.6 Å². The molecule has 2 unspecified atom stereocenters. The fourth-order valence-corrected chi connectivity index (χ4v) is 5.37. The molecule has 30 heavy (non-hydrogen) atoms. The molecule has 0 N–H and O–H groups in total. The topological polar surface area (TPSA) is 69.2 Å². The summed E-state index contributed by atoms with van der Waals surface area (Å²) >= 11 is 0. The van der Waals surface area contributed by atoms with E-state index in [1.807, 2.05) is 16.8 Å². The van der Waals surface area contributed by atoms with Crippen LogP contribution in [0.4, 0.5) is 0 Å². The second-order valence-electron chi connectivity index (χ2n) is 8.99. The monoisotopic (exact) mass is 409 g/mol. The predicted octanol–water partition coefficient (Wildman–Crippen LogP) is 4.41. The standard InChI is InChI=1S/C23H31N5O2/c1-15(2)28-20-8-5-4-7-19(20)21(26-28)23-25-24-22(30-23)16-13-17-9-10-18(14-16)27(17)11-6-12-29-3/h4-5,7-8,15-18H,6,9-14H2,1-3H3. The van der Waals surface area contributed by atoms with Crippen LogP contribution in [0.3, 0.4) is 0 Å². The van der Waals surface area contributed by atoms with Crippen molar-refractivity contribution >= 4 is 10.9 Å². The Morgan fingerprint density at radius 3 is 2.63 bits per heavy atom. The molecular formula is C23H31N5O2. The first-order valence-corrected chi connectivity index (χ1v) is 11.2. The number of fused-ring (bicyclic) bond motifs is 3. The highest BCUT2D eigenvalue weighted by Crippen LogP contribution is 2.43. The molecule has 1 aromatic carbocycles. The van der Waals surface area contributed by atoms with Gasteiger partial charge in [-0.2, -0.15) is 5.10 Å². The molecule has 0 amide bonds. The molecule has 0 spiro atoms. The smallest absolute Gasteiger partial charge is 0.268 e. The SMILES string of the molecule is COCCCN1C2CCC1CC(c1nnc(-c3nn(C(C)C)c4ccccc34)o1)C2. The van der Waals surface area contributed by atoms with Crippen molar-refractivity contribution in [2.24, 2.45) is 0 Å². The first kappa shape index (κ1) is 19.7. The summed E-state index contributed by atoms with van der Waals surface area (Å²) < 4.78 is 13.5. The van der Waals surface area contributed by atoms with Crippen molar-refractivity contribution in [2.75, 3.05) is 20.3 Å². The minimum atomic E-state index is 0.268. The van der Waals surface area contributed by atoms with Crippen molar-refractivity contribution in [2.45, 2.75) is 70.0 Å². The average Bonchev–Trinajstić information content (AvgIpc) is 3.43. The van der Waals surface area contributed by atoms with Gasteiger partial charge in [0.05, 0.1) is 5.52 Å². The molecule has 0 saturated carbocycles. The van der Waals surface area contributed by atoms with Crippen LogP contribution in [0.2, 0.25) is 0 Å². The Labute approximate surface area is 177 Å². The average molecular weight is 410 g/mol. The zero-order valence-corrected chi connectivity index (χ0v) is 18.1. The van der Waals surface area contributed by atoms with Crippen molar-refractivity contribution in [3.05, 3.63) is 30.2 Å². The minimum Gasteiger partial charge on any atom is -0.419 e. The fourth-order valence-electron chi connectivity index (χ4n) is 5.37. The Hall–Kier alpha value is -2.25. The Bertz CT molecular complexity index is 996. The summed E-state index contributed by atoms with van der Waals surface area (Å²) in [5.41, 5.74) is 1.89. The number of piperidine rings is 1. The van der Waals surface area contributed by atoms with E-state index in [1.165, 1.54) is 12.8 Å². The quantitative estimate of drug-likeness (QED) is 0.538. The third kappa shape index (κ3) is 3.44. The van der Waals surface area contributed by atoms with Crippen LogP contribution in [-0.4, -0.2) is 57.2 Å². The lowest BCUT2D eigenvalue weighted by molar-refractivity contribution is 0.101. The number of benzene rings is 1. The van der Waals surface area contributed by atoms with Crippen LogP contribution in [0.5, 0.6) is 0 Å². The predicted molar refractivity (Wildman–Crippen MR) is 115 cm³/mol. The first-order valence-electron chi connectivity index (χ1n) is 11.2. The molecule has 2 saturated heterocycles. The van der Waals surface area contributed by atoms with E-state index >= 15 is 0 Å². The minimum absolute atomic E-state index is 0.268. The Morgan fingerprint density at radius 2 is 1.90 bits per heavy atom. The van der Waals surface area contributed by atoms with Crippen LogP contribution < -0.4 is 0 Å². The van der Waals surface area contributed by atoms with Gasteiger partial charge in [0.1, 0.15) is 0 Å². The summed E-state index contributed by atoms with van der Waals surface area (Å²) in [5, 5.41) is 14.8. The van der Waals surface area contributed by atoms with Crippen LogP contribution in [-0.2, 0) is 4.74 Å². The molecule has 4 heterocycles. The number of nitrogens with zero attached hydrogens (tertiary/aromatic N) is 5. The molecule has 0 aliphatic carbocycles. The Balaban J connectivity index is 1.37. The fraction of sp³-hybridized carbons (Fsp3) is 0.609. The Morgan fingerprint density at radius 1 is 1.13 bits per heavy atom. The summed E-state index contributed by atoms with van der Waals surface area (Å²) in [6.45, 7) is 6.24. The number of rotatable bonds is 7. The zero-order valence-electron chi connectivity index (χ0n) is 18.1. The van der Waals surface area contributed by atoms with Crippen molar-refractivity contribution in [1.29, 1.82) is 0 Å². The third-order valence-electron chi connectivity index (χ3n) is 6.74. The molecule has 5 rings (SSSR count). The van der Waals surface area contributed by atoms with Crippen LogP contribution in [0.25, 0.3) is 22.5 Å². The van der Waals surface area contributed by atoms with Gasteiger partial charge in [0.25, 0.3) is 5.89 Å². The van der Waals surface area contributed by atoms with Gasteiger partial charge in [0, 0.05) is 49.7 Å². The van der Waals surface area contributed by atoms with Crippen molar-refractivity contribution in [1.82, 2.24) is 24.9 Å². The number of methoxy groups -OCH3 is 1. The van der Waals surface area contributed by atoms with Gasteiger partial charge in [-0.15, -0.1) is 10.2 Å². The zero-order chi connectivity index (χ0) is 20.7. The number of para-hydroxylation sites is 1. The molecule has 2 aliphatic rings. The molecule has 0 radical (unpaired) electrons. The maximum absolute atomic E-state index is 6.23. The second kappa shape index (κ2) is 8.12. The molecular weight excluding hydrogens is 378 g/mol. The molecule has 160 valence electrons. The van der Waals surface area contributed by atoms with Gasteiger partial charge in [-0.1, -0.05) is 18.2 Å². The maximum atomic E-state index is 6.23. The van der Waals surface area contributed by atoms with Crippen molar-refractivity contribution in [3.63, 3.8) is 0 Å². The highest BCUT2D eigenvalue weighted by atomic mass is 16.5. The molecule has 2 fully saturated rings. The summed E-state index contributed by atoms with van der Waals surface area (Å²) in [4.78, 5) is 2.69. The van der Waals surface area contributed by atoms with Crippen LogP contribution in [0.1, 0.15) is 63.8 Å². The van der Waals surface area contributed by atoms with Crippen LogP contribution in [0, 0.1) is 0 Å². The first-order chi connectivity index (χ1) is 14.7. The largest absolute Gasteiger partial charge is 0.419 e. The van der Waals surface area contributed by atoms with Gasteiger partial charge >= 0.3 is 0 Å². The molecule has 2 atom stereocenters. The number of ether oxygens (including phenoxy) is 1. The lowest BCUT2D eigenvalue weighted by Crippen LogP contribution is -2.43. The summed E-state index contributed by atoms with van der Waals surface area (Å²) in [6, 6.07) is 9.78. The van der Waals surface area contributed by atoms with Gasteiger partial charge < -0.3 is 9.15 Å². The van der Waals surface area contributed by atoms with E-state index in [-0.39, 0.29) is 6.04 Å². The van der Waals surface area contributed by atoms with E-state index in [0.29, 0.717) is 23.9 Å². The molecule has 2 aromatic heterocycles. The third-order valence-corrected chi connectivity index (χ3v) is 6.74. The van der Waals surface area contributed by atoms with Crippen molar-refractivity contribution < 1.29 is 9.15 Å². The number of hydrogen-bond donors (Lipinski definition) is 0. The normalized spacial score (nSPS) is 24.3. The van der Waals surface area contributed by atoms with Gasteiger partial charge in [0.2, 0.25) is 5.89 Å². The van der Waals surface area contributed by atoms with Gasteiger partial charge in [-0.25, -0.2) is 0 Å². The van der Waals surface area contributed by atoms with E-state index in [9.17, 15) is 0 Å². The second-order valence-corrected chi connectivity index (χ2v) is 8.99. The van der Waals surface area contributed by atoms with Gasteiger partial charge in [-0.3, -0.25) is 9.58 Å². The van der Waals surface area contributed by atoms with E-state index < -0.39 is 0 Å². The highest BCUT2D eigenvalue weighted by molar-refractivity contribution is 5.91. The van der Waals surface area contributed by atoms with Crippen LogP contribution >= 0.6 is 0 Å². The van der Waals surface area contributed by atoms with E-state index in [4.69, 9.17) is 14.3 Å². The van der Waals surface area contributed by atoms with E-state index in [1.54, 1.807) is 7.11 Å². The summed E-state index contributed by atoms with van der Waals surface area (Å²) in [7, 11) is 1.78. The molecule has 2 bridgehead atoms. The summed E-state index contributed by atoms with van der Waals surface area (Å²) in [5.74, 6) is 1.66. The Kier molecular flexibility index (Phi) is 5.33. The van der Waals surface area contributed by atoms with E-state index in [2.05, 4.69) is 41.1 Å². The van der Waals surface area contributed by atoms with E-state index in [0.717, 1.165) is 54.9 Å². The van der Waals surface area contributed by atoms with Gasteiger partial charge in [-0.05, 0) is 52.0 Å². The molecule has 3 aromatic rings. The van der Waals surface area contributed by atoms with Crippen LogP contribution in [0.15, 0.2) is 28.7 Å². The number of aromatic nitrogens is 4. The molecule has 7 heteroatoms. The highest BCUT2D eigenvalue weighted by Gasteiger charge is 2.42. The molecule has 2 aliphatic heterocycles. The lowest BCUT2D eigenvalue weighted by atomic mass is 9.90. The lowest BCUT2D eigenvalue weighted by Gasteiger charge is -2.37. The maximum Gasteiger partial charge on any atom is 0.268 e.